The predicted octanol–water partition coefficient (Wildman–Crippen LogP) is 2.58. The summed E-state index contributed by atoms with van der Waals surface area (Å²) in [6.07, 6.45) is 2.42. The zero-order valence-electron chi connectivity index (χ0n) is 13.3. The van der Waals surface area contributed by atoms with Gasteiger partial charge in [0, 0.05) is 31.4 Å². The van der Waals surface area contributed by atoms with Crippen LogP contribution in [0.15, 0.2) is 18.3 Å². The van der Waals surface area contributed by atoms with Gasteiger partial charge in [0.25, 0.3) is 0 Å². The highest BCUT2D eigenvalue weighted by atomic mass is 16.5. The first kappa shape index (κ1) is 15.3. The van der Waals surface area contributed by atoms with E-state index in [4.69, 9.17) is 4.74 Å². The lowest BCUT2D eigenvalue weighted by atomic mass is 10.1. The Hall–Kier alpha value is -1.13. The van der Waals surface area contributed by atoms with Crippen LogP contribution in [0.2, 0.25) is 0 Å². The number of nitrogens with one attached hydrogen (secondary N) is 1. The number of hydrogen-bond acceptors (Lipinski definition) is 4. The summed E-state index contributed by atoms with van der Waals surface area (Å²) in [6, 6.07) is 4.26. The van der Waals surface area contributed by atoms with Crippen LogP contribution in [0.25, 0.3) is 0 Å². The van der Waals surface area contributed by atoms with Gasteiger partial charge in [0.05, 0.1) is 12.2 Å². The van der Waals surface area contributed by atoms with E-state index < -0.39 is 0 Å². The van der Waals surface area contributed by atoms with E-state index in [1.807, 2.05) is 6.20 Å². The van der Waals surface area contributed by atoms with Gasteiger partial charge in [-0.2, -0.15) is 0 Å². The van der Waals surface area contributed by atoms with Crippen molar-refractivity contribution >= 4 is 5.82 Å². The van der Waals surface area contributed by atoms with Crippen molar-refractivity contribution in [2.75, 3.05) is 18.0 Å². The van der Waals surface area contributed by atoms with E-state index in [2.05, 4.69) is 62.0 Å². The summed E-state index contributed by atoms with van der Waals surface area (Å²) in [6.45, 7) is 13.5. The molecule has 0 radical (unpaired) electrons. The molecule has 2 rings (SSSR count). The van der Waals surface area contributed by atoms with Crippen molar-refractivity contribution in [1.82, 2.24) is 10.3 Å². The Kier molecular flexibility index (Phi) is 4.66. The smallest absolute Gasteiger partial charge is 0.128 e. The number of hydrogen-bond donors (Lipinski definition) is 1. The quantitative estimate of drug-likeness (QED) is 0.921. The highest BCUT2D eigenvalue weighted by molar-refractivity contribution is 5.41. The Labute approximate surface area is 122 Å². The second kappa shape index (κ2) is 6.10. The average molecular weight is 277 g/mol. The van der Waals surface area contributed by atoms with Gasteiger partial charge in [-0.05, 0) is 52.3 Å². The molecule has 1 aromatic rings. The van der Waals surface area contributed by atoms with Crippen molar-refractivity contribution in [2.24, 2.45) is 0 Å². The Morgan fingerprint density at radius 3 is 2.55 bits per heavy atom. The number of rotatable bonds is 3. The lowest BCUT2D eigenvalue weighted by molar-refractivity contribution is -0.00546. The van der Waals surface area contributed by atoms with Gasteiger partial charge < -0.3 is 15.0 Å². The fraction of sp³-hybridized carbons (Fsp3) is 0.688. The van der Waals surface area contributed by atoms with Crippen molar-refractivity contribution in [1.29, 1.82) is 0 Å². The molecule has 1 saturated heterocycles. The minimum absolute atomic E-state index is 0.130. The summed E-state index contributed by atoms with van der Waals surface area (Å²) in [5.41, 5.74) is 1.41. The van der Waals surface area contributed by atoms with Crippen LogP contribution in [0.4, 0.5) is 5.82 Å². The van der Waals surface area contributed by atoms with E-state index >= 15 is 0 Å². The first-order valence-corrected chi connectivity index (χ1v) is 7.44. The molecule has 1 aliphatic rings. The van der Waals surface area contributed by atoms with Crippen molar-refractivity contribution < 1.29 is 4.74 Å². The van der Waals surface area contributed by atoms with Crippen LogP contribution in [-0.4, -0.2) is 35.8 Å². The maximum absolute atomic E-state index is 5.78. The Morgan fingerprint density at radius 1 is 1.30 bits per heavy atom. The normalized spacial score (nSPS) is 23.9. The monoisotopic (exact) mass is 277 g/mol. The van der Waals surface area contributed by atoms with Crippen LogP contribution in [0.5, 0.6) is 0 Å². The van der Waals surface area contributed by atoms with E-state index in [0.29, 0.717) is 0 Å². The second-order valence-corrected chi connectivity index (χ2v) is 6.79. The van der Waals surface area contributed by atoms with Crippen LogP contribution in [0, 0.1) is 0 Å². The van der Waals surface area contributed by atoms with Crippen molar-refractivity contribution in [3.63, 3.8) is 0 Å². The second-order valence-electron chi connectivity index (χ2n) is 6.79. The molecule has 2 unspecified atom stereocenters. The average Bonchev–Trinajstić information content (AvgIpc) is 2.35. The fourth-order valence-electron chi connectivity index (χ4n) is 2.48. The molecule has 1 aromatic heterocycles. The molecule has 112 valence electrons. The maximum Gasteiger partial charge on any atom is 0.128 e. The van der Waals surface area contributed by atoms with E-state index in [0.717, 1.165) is 25.5 Å². The summed E-state index contributed by atoms with van der Waals surface area (Å²) in [4.78, 5) is 6.84. The van der Waals surface area contributed by atoms with Gasteiger partial charge in [-0.3, -0.25) is 0 Å². The Morgan fingerprint density at radius 2 is 1.95 bits per heavy atom. The molecule has 4 nitrogen and oxygen atoms in total. The minimum Gasteiger partial charge on any atom is -0.372 e. The van der Waals surface area contributed by atoms with Crippen LogP contribution >= 0.6 is 0 Å². The molecule has 2 heterocycles. The summed E-state index contributed by atoms with van der Waals surface area (Å²) < 4.78 is 5.78. The van der Waals surface area contributed by atoms with Crippen molar-refractivity contribution in [3.8, 4) is 0 Å². The molecular formula is C16H27N3O. The first-order chi connectivity index (χ1) is 9.33. The van der Waals surface area contributed by atoms with E-state index in [1.165, 1.54) is 5.56 Å². The molecule has 1 aliphatic heterocycles. The molecule has 0 aromatic carbocycles. The van der Waals surface area contributed by atoms with Gasteiger partial charge in [-0.15, -0.1) is 0 Å². The summed E-state index contributed by atoms with van der Waals surface area (Å²) in [5.74, 6) is 1.06. The van der Waals surface area contributed by atoms with Crippen molar-refractivity contribution in [3.05, 3.63) is 23.9 Å². The minimum atomic E-state index is 0.130. The highest BCUT2D eigenvalue weighted by Crippen LogP contribution is 2.19. The SMILES string of the molecule is CC1CN(c2cc(CNC(C)(C)C)ccn2)CC(C)O1. The fourth-order valence-corrected chi connectivity index (χ4v) is 2.48. The number of nitrogens with zero attached hydrogens (tertiary/aromatic N) is 2. The predicted molar refractivity (Wildman–Crippen MR) is 83.1 cm³/mol. The summed E-state index contributed by atoms with van der Waals surface area (Å²) in [7, 11) is 0. The lowest BCUT2D eigenvalue weighted by Crippen LogP contribution is -2.45. The molecule has 0 bridgehead atoms. The van der Waals surface area contributed by atoms with E-state index in [1.54, 1.807) is 0 Å². The number of ether oxygens (including phenoxy) is 1. The third kappa shape index (κ3) is 4.46. The van der Waals surface area contributed by atoms with Crippen LogP contribution in [0.1, 0.15) is 40.2 Å². The van der Waals surface area contributed by atoms with Gasteiger partial charge in [-0.1, -0.05) is 0 Å². The Bertz CT molecular complexity index is 432. The van der Waals surface area contributed by atoms with Gasteiger partial charge in [-0.25, -0.2) is 4.98 Å². The zero-order valence-corrected chi connectivity index (χ0v) is 13.3. The van der Waals surface area contributed by atoms with Crippen LogP contribution in [-0.2, 0) is 11.3 Å². The first-order valence-electron chi connectivity index (χ1n) is 7.44. The molecule has 0 amide bonds. The topological polar surface area (TPSA) is 37.4 Å². The Balaban J connectivity index is 2.05. The van der Waals surface area contributed by atoms with Gasteiger partial charge in [0.2, 0.25) is 0 Å². The van der Waals surface area contributed by atoms with Crippen molar-refractivity contribution in [2.45, 2.75) is 58.9 Å². The number of morpholine rings is 1. The molecule has 4 heteroatoms. The van der Waals surface area contributed by atoms with Crippen LogP contribution < -0.4 is 10.2 Å². The number of pyridine rings is 1. The number of anilines is 1. The molecule has 1 fully saturated rings. The molecule has 20 heavy (non-hydrogen) atoms. The van der Waals surface area contributed by atoms with Gasteiger partial charge in [0.15, 0.2) is 0 Å². The molecule has 0 spiro atoms. The largest absolute Gasteiger partial charge is 0.372 e. The summed E-state index contributed by atoms with van der Waals surface area (Å²) in [5, 5.41) is 3.51. The van der Waals surface area contributed by atoms with Crippen LogP contribution in [0.3, 0.4) is 0 Å². The highest BCUT2D eigenvalue weighted by Gasteiger charge is 2.23. The zero-order chi connectivity index (χ0) is 14.8. The number of aromatic nitrogens is 1. The molecule has 0 aliphatic carbocycles. The maximum atomic E-state index is 5.78. The lowest BCUT2D eigenvalue weighted by Gasteiger charge is -2.36. The molecular weight excluding hydrogens is 250 g/mol. The van der Waals surface area contributed by atoms with Gasteiger partial charge >= 0.3 is 0 Å². The van der Waals surface area contributed by atoms with E-state index in [9.17, 15) is 0 Å². The standard InChI is InChI=1S/C16H27N3O/c1-12-10-19(11-13(2)20-12)15-8-14(6-7-17-15)9-18-16(3,4)5/h6-8,12-13,18H,9-11H2,1-5H3. The van der Waals surface area contributed by atoms with E-state index in [-0.39, 0.29) is 17.7 Å². The molecule has 1 N–H and O–H groups in total. The molecule has 2 atom stereocenters. The van der Waals surface area contributed by atoms with Gasteiger partial charge in [0.1, 0.15) is 5.82 Å². The third-order valence-corrected chi connectivity index (χ3v) is 3.38. The third-order valence-electron chi connectivity index (χ3n) is 3.38. The summed E-state index contributed by atoms with van der Waals surface area (Å²) >= 11 is 0. The molecule has 0 saturated carbocycles.